The van der Waals surface area contributed by atoms with Crippen molar-refractivity contribution in [3.8, 4) is 22.3 Å². The number of rotatable bonds is 5. The number of para-hydroxylation sites is 1. The van der Waals surface area contributed by atoms with Gasteiger partial charge < -0.3 is 4.90 Å². The molecule has 9 aromatic rings. The van der Waals surface area contributed by atoms with Gasteiger partial charge in [-0.2, -0.15) is 0 Å². The highest BCUT2D eigenvalue weighted by Crippen LogP contribution is 2.52. The van der Waals surface area contributed by atoms with Crippen LogP contribution in [-0.4, -0.2) is 0 Å². The first-order chi connectivity index (χ1) is 22.8. The van der Waals surface area contributed by atoms with E-state index < -0.39 is 0 Å². The second-order valence-corrected chi connectivity index (χ2v) is 12.7. The van der Waals surface area contributed by atoms with Gasteiger partial charge in [0.1, 0.15) is 0 Å². The first kappa shape index (κ1) is 26.7. The quantitative estimate of drug-likeness (QED) is 0.177. The summed E-state index contributed by atoms with van der Waals surface area (Å²) in [6.45, 7) is 0. The Hall–Kier alpha value is -5.70. The molecule has 0 unspecified atom stereocenters. The molecule has 0 saturated heterocycles. The average molecular weight is 604 g/mol. The van der Waals surface area contributed by atoms with E-state index in [0.717, 1.165) is 11.4 Å². The molecule has 9 rings (SSSR count). The van der Waals surface area contributed by atoms with Gasteiger partial charge in [0.2, 0.25) is 0 Å². The molecule has 8 aromatic carbocycles. The molecule has 0 aliphatic heterocycles. The monoisotopic (exact) mass is 603 g/mol. The van der Waals surface area contributed by atoms with Gasteiger partial charge in [0.05, 0.1) is 5.69 Å². The first-order valence-corrected chi connectivity index (χ1v) is 16.5. The number of anilines is 3. The Balaban J connectivity index is 1.40. The molecule has 1 aromatic heterocycles. The SMILES string of the molecule is c1ccc(-c2ccc(N(c3ccccc3)c3ccc(-c4ccccc4)c4sc5c6ccccc6c6ccccc6c5c34)cc2)cc1. The molecule has 0 atom stereocenters. The summed E-state index contributed by atoms with van der Waals surface area (Å²) in [7, 11) is 0. The Morgan fingerprint density at radius 1 is 0.326 bits per heavy atom. The summed E-state index contributed by atoms with van der Waals surface area (Å²) in [5, 5.41) is 7.81. The minimum Gasteiger partial charge on any atom is -0.310 e. The van der Waals surface area contributed by atoms with Crippen molar-refractivity contribution >= 4 is 70.1 Å². The van der Waals surface area contributed by atoms with Gasteiger partial charge in [0, 0.05) is 36.9 Å². The summed E-state index contributed by atoms with van der Waals surface area (Å²) in [5.41, 5.74) is 8.37. The maximum Gasteiger partial charge on any atom is 0.0555 e. The van der Waals surface area contributed by atoms with Crippen LogP contribution >= 0.6 is 11.3 Å². The zero-order valence-corrected chi connectivity index (χ0v) is 25.9. The van der Waals surface area contributed by atoms with E-state index >= 15 is 0 Å². The standard InChI is InChI=1S/C44H29NS/c1-4-14-30(15-5-1)31-24-26-34(27-25-31)45(33-18-8-3-9-19-33)40-29-28-35(32-16-6-2-7-17-32)43-42(40)41-38-22-12-10-20-36(38)37-21-11-13-23-39(37)44(41)46-43/h1-29H. The molecule has 0 N–H and O–H groups in total. The third kappa shape index (κ3) is 4.30. The van der Waals surface area contributed by atoms with Crippen molar-refractivity contribution in [2.45, 2.75) is 0 Å². The van der Waals surface area contributed by atoms with Crippen molar-refractivity contribution in [1.29, 1.82) is 0 Å². The van der Waals surface area contributed by atoms with Crippen LogP contribution in [0.3, 0.4) is 0 Å². The second-order valence-electron chi connectivity index (χ2n) is 11.7. The summed E-state index contributed by atoms with van der Waals surface area (Å²) < 4.78 is 2.64. The fourth-order valence-electron chi connectivity index (χ4n) is 6.95. The second kappa shape index (κ2) is 11.0. The maximum absolute atomic E-state index is 2.43. The van der Waals surface area contributed by atoms with E-state index in [9.17, 15) is 0 Å². The van der Waals surface area contributed by atoms with Gasteiger partial charge in [-0.1, -0.05) is 146 Å². The fourth-order valence-corrected chi connectivity index (χ4v) is 8.37. The Bertz CT molecular complexity index is 2500. The highest BCUT2D eigenvalue weighted by atomic mass is 32.1. The summed E-state index contributed by atoms with van der Waals surface area (Å²) in [6.07, 6.45) is 0. The normalized spacial score (nSPS) is 11.5. The van der Waals surface area contributed by atoms with Crippen LogP contribution in [0.15, 0.2) is 176 Å². The van der Waals surface area contributed by atoms with Crippen LogP contribution in [0.2, 0.25) is 0 Å². The van der Waals surface area contributed by atoms with E-state index in [0.29, 0.717) is 0 Å². The van der Waals surface area contributed by atoms with E-state index in [-0.39, 0.29) is 0 Å². The molecule has 1 heterocycles. The molecule has 0 fully saturated rings. The fraction of sp³-hybridized carbons (Fsp3) is 0. The van der Waals surface area contributed by atoms with Gasteiger partial charge in [-0.25, -0.2) is 0 Å². The molecule has 0 spiro atoms. The molecule has 0 radical (unpaired) electrons. The van der Waals surface area contributed by atoms with Gasteiger partial charge in [-0.05, 0) is 68.7 Å². The zero-order valence-electron chi connectivity index (χ0n) is 25.1. The Labute approximate surface area is 272 Å². The number of thiophene rings is 1. The van der Waals surface area contributed by atoms with Crippen LogP contribution in [0, 0.1) is 0 Å². The van der Waals surface area contributed by atoms with Crippen LogP contribution < -0.4 is 4.90 Å². The highest BCUT2D eigenvalue weighted by Gasteiger charge is 2.23. The summed E-state index contributed by atoms with van der Waals surface area (Å²) in [5.74, 6) is 0. The molecule has 0 bridgehead atoms. The predicted octanol–water partition coefficient (Wildman–Crippen LogP) is 13.2. The van der Waals surface area contributed by atoms with E-state index in [4.69, 9.17) is 0 Å². The number of fused-ring (bicyclic) bond motifs is 8. The van der Waals surface area contributed by atoms with E-state index in [2.05, 4.69) is 181 Å². The Kier molecular flexibility index (Phi) is 6.40. The lowest BCUT2D eigenvalue weighted by Crippen LogP contribution is -2.10. The van der Waals surface area contributed by atoms with Crippen LogP contribution in [-0.2, 0) is 0 Å². The van der Waals surface area contributed by atoms with E-state index in [1.165, 1.54) is 69.7 Å². The lowest BCUT2D eigenvalue weighted by atomic mass is 9.94. The van der Waals surface area contributed by atoms with Crippen LogP contribution in [0.5, 0.6) is 0 Å². The van der Waals surface area contributed by atoms with Crippen molar-refractivity contribution in [1.82, 2.24) is 0 Å². The molecule has 0 aliphatic rings. The third-order valence-electron chi connectivity index (χ3n) is 9.05. The van der Waals surface area contributed by atoms with Crippen LogP contribution in [0.4, 0.5) is 17.1 Å². The van der Waals surface area contributed by atoms with Gasteiger partial charge >= 0.3 is 0 Å². The molecule has 0 aliphatic carbocycles. The molecule has 0 saturated carbocycles. The minimum absolute atomic E-state index is 1.13. The van der Waals surface area contributed by atoms with E-state index in [1.807, 2.05) is 11.3 Å². The number of nitrogens with zero attached hydrogens (tertiary/aromatic N) is 1. The van der Waals surface area contributed by atoms with E-state index in [1.54, 1.807) is 0 Å². The predicted molar refractivity (Wildman–Crippen MR) is 200 cm³/mol. The lowest BCUT2D eigenvalue weighted by Gasteiger charge is -2.27. The highest BCUT2D eigenvalue weighted by molar-refractivity contribution is 7.27. The van der Waals surface area contributed by atoms with Crippen LogP contribution in [0.25, 0.3) is 64.0 Å². The number of hydrogen-bond acceptors (Lipinski definition) is 2. The summed E-state index contributed by atoms with van der Waals surface area (Å²) in [4.78, 5) is 2.43. The first-order valence-electron chi connectivity index (χ1n) is 15.7. The Morgan fingerprint density at radius 2 is 0.826 bits per heavy atom. The van der Waals surface area contributed by atoms with Crippen LogP contribution in [0.1, 0.15) is 0 Å². The zero-order chi connectivity index (χ0) is 30.5. The van der Waals surface area contributed by atoms with Gasteiger partial charge in [0.25, 0.3) is 0 Å². The molecule has 1 nitrogen and oxygen atoms in total. The molecule has 46 heavy (non-hydrogen) atoms. The summed E-state index contributed by atoms with van der Waals surface area (Å²) in [6, 6.07) is 63.7. The van der Waals surface area contributed by atoms with Crippen molar-refractivity contribution in [3.05, 3.63) is 176 Å². The molecular formula is C44H29NS. The van der Waals surface area contributed by atoms with Crippen molar-refractivity contribution in [2.75, 3.05) is 4.90 Å². The molecular weight excluding hydrogens is 575 g/mol. The van der Waals surface area contributed by atoms with Gasteiger partial charge in [-0.15, -0.1) is 11.3 Å². The van der Waals surface area contributed by atoms with Gasteiger partial charge in [0.15, 0.2) is 0 Å². The van der Waals surface area contributed by atoms with Gasteiger partial charge in [-0.3, -0.25) is 0 Å². The Morgan fingerprint density at radius 3 is 1.50 bits per heavy atom. The number of benzene rings is 8. The molecule has 216 valence electrons. The molecule has 2 heteroatoms. The van der Waals surface area contributed by atoms with Crippen molar-refractivity contribution < 1.29 is 0 Å². The largest absolute Gasteiger partial charge is 0.310 e. The lowest BCUT2D eigenvalue weighted by molar-refractivity contribution is 1.30. The number of hydrogen-bond donors (Lipinski definition) is 0. The van der Waals surface area contributed by atoms with Crippen molar-refractivity contribution in [3.63, 3.8) is 0 Å². The summed E-state index contributed by atoms with van der Waals surface area (Å²) >= 11 is 1.92. The maximum atomic E-state index is 2.43. The molecule has 0 amide bonds. The topological polar surface area (TPSA) is 3.24 Å². The third-order valence-corrected chi connectivity index (χ3v) is 10.3. The smallest absolute Gasteiger partial charge is 0.0555 e. The minimum atomic E-state index is 1.13. The van der Waals surface area contributed by atoms with Crippen molar-refractivity contribution in [2.24, 2.45) is 0 Å². The average Bonchev–Trinajstić information content (AvgIpc) is 3.55.